The quantitative estimate of drug-likeness (QED) is 0.255. The standard InChI is InChI=1S/C4H6N2/c1-2-3-4-6-5/h2-4H,1H3/b3-2+. The molecule has 0 aliphatic heterocycles. The largest absolute Gasteiger partial charge is 0.362 e. The Kier molecular flexibility index (Phi) is 3.52. The van der Waals surface area contributed by atoms with E-state index in [9.17, 15) is 0 Å². The molecule has 0 aromatic rings. The van der Waals surface area contributed by atoms with E-state index in [1.807, 2.05) is 6.92 Å². The average molecular weight is 82.1 g/mol. The van der Waals surface area contributed by atoms with Gasteiger partial charge in [0.15, 0.2) is 0 Å². The van der Waals surface area contributed by atoms with Crippen LogP contribution in [0.5, 0.6) is 0 Å². The summed E-state index contributed by atoms with van der Waals surface area (Å²) in [6.45, 7) is 1.85. The second-order valence-corrected chi connectivity index (χ2v) is 0.790. The third kappa shape index (κ3) is 3.12. The van der Waals surface area contributed by atoms with E-state index in [1.165, 1.54) is 6.21 Å². The van der Waals surface area contributed by atoms with Crippen LogP contribution in [0.15, 0.2) is 12.2 Å². The molecular formula is C4H6N2. The van der Waals surface area contributed by atoms with E-state index in [-0.39, 0.29) is 0 Å². The molecule has 0 rings (SSSR count). The number of nitrogens with zero attached hydrogens (tertiary/aromatic N) is 2. The molecule has 0 saturated carbocycles. The minimum absolute atomic E-state index is 1.31. The Morgan fingerprint density at radius 2 is 2.33 bits per heavy atom. The molecule has 0 heterocycles. The molecule has 0 saturated heterocycles. The highest BCUT2D eigenvalue weighted by molar-refractivity contribution is 5.64. The molecule has 0 spiro atoms. The first-order valence-corrected chi connectivity index (χ1v) is 1.70. The highest BCUT2D eigenvalue weighted by Crippen LogP contribution is 1.55. The zero-order valence-corrected chi connectivity index (χ0v) is 3.63. The summed E-state index contributed by atoms with van der Waals surface area (Å²) in [5.41, 5.74) is 7.72. The van der Waals surface area contributed by atoms with Crippen LogP contribution in [0.2, 0.25) is 0 Å². The van der Waals surface area contributed by atoms with Crippen LogP contribution in [-0.4, -0.2) is 11.0 Å². The van der Waals surface area contributed by atoms with Gasteiger partial charge in [0, 0.05) is 6.08 Å². The summed E-state index contributed by atoms with van der Waals surface area (Å²) < 4.78 is 0. The van der Waals surface area contributed by atoms with Gasteiger partial charge in [0.05, 0.1) is 0 Å². The highest BCUT2D eigenvalue weighted by Gasteiger charge is 1.56. The summed E-state index contributed by atoms with van der Waals surface area (Å²) in [7, 11) is 0. The topological polar surface area (TPSA) is 36.4 Å². The lowest BCUT2D eigenvalue weighted by molar-refractivity contribution is 0.00513. The van der Waals surface area contributed by atoms with Crippen LogP contribution in [0.3, 0.4) is 0 Å². The van der Waals surface area contributed by atoms with Gasteiger partial charge in [-0.1, -0.05) is 6.08 Å². The van der Waals surface area contributed by atoms with Gasteiger partial charge in [-0.05, 0) is 6.92 Å². The van der Waals surface area contributed by atoms with Crippen LogP contribution >= 0.6 is 0 Å². The molecule has 0 atom stereocenters. The predicted octanol–water partition coefficient (Wildman–Crippen LogP) is 0.863. The van der Waals surface area contributed by atoms with Gasteiger partial charge in [0.2, 0.25) is 0 Å². The van der Waals surface area contributed by atoms with Gasteiger partial charge in [-0.2, -0.15) is 4.79 Å². The van der Waals surface area contributed by atoms with Crippen molar-refractivity contribution in [3.63, 3.8) is 0 Å². The molecule has 0 bridgehead atoms. The fourth-order valence-corrected chi connectivity index (χ4v) is 0.125. The molecule has 0 radical (unpaired) electrons. The molecular weight excluding hydrogens is 76.1 g/mol. The summed E-state index contributed by atoms with van der Waals surface area (Å²) in [4.78, 5) is 2.71. The van der Waals surface area contributed by atoms with Crippen LogP contribution in [-0.2, 0) is 0 Å². The fourth-order valence-electron chi connectivity index (χ4n) is 0.125. The molecule has 0 aromatic heterocycles. The maximum atomic E-state index is 7.72. The first kappa shape index (κ1) is 5.12. The van der Waals surface area contributed by atoms with E-state index < -0.39 is 0 Å². The summed E-state index contributed by atoms with van der Waals surface area (Å²) >= 11 is 0. The Labute approximate surface area is 36.7 Å². The van der Waals surface area contributed by atoms with Gasteiger partial charge in [-0.3, -0.25) is 0 Å². The van der Waals surface area contributed by atoms with E-state index >= 15 is 0 Å². The molecule has 0 aromatic carbocycles. The van der Waals surface area contributed by atoms with E-state index in [4.69, 9.17) is 5.53 Å². The monoisotopic (exact) mass is 82.1 g/mol. The van der Waals surface area contributed by atoms with Crippen LogP contribution < -0.4 is 0 Å². The Bertz CT molecular complexity index is 87.7. The van der Waals surface area contributed by atoms with Gasteiger partial charge in [-0.25, -0.2) is 0 Å². The lowest BCUT2D eigenvalue weighted by Gasteiger charge is -1.50. The maximum absolute atomic E-state index is 7.72. The summed E-state index contributed by atoms with van der Waals surface area (Å²) in [5.74, 6) is 0. The smallest absolute Gasteiger partial charge is 0.280 e. The van der Waals surface area contributed by atoms with Gasteiger partial charge in [0.1, 0.15) is 0 Å². The molecule has 0 unspecified atom stereocenters. The summed E-state index contributed by atoms with van der Waals surface area (Å²) in [5, 5.41) is 0. The van der Waals surface area contributed by atoms with E-state index in [2.05, 4.69) is 4.79 Å². The first-order valence-electron chi connectivity index (χ1n) is 1.70. The van der Waals surface area contributed by atoms with Crippen LogP contribution in [0.1, 0.15) is 6.92 Å². The summed E-state index contributed by atoms with van der Waals surface area (Å²) in [6.07, 6.45) is 4.72. The molecule has 0 aliphatic rings. The van der Waals surface area contributed by atoms with E-state index in [1.54, 1.807) is 12.2 Å². The number of hydrogen-bond acceptors (Lipinski definition) is 0. The van der Waals surface area contributed by atoms with Crippen molar-refractivity contribution in [3.8, 4) is 0 Å². The van der Waals surface area contributed by atoms with E-state index in [0.717, 1.165) is 0 Å². The van der Waals surface area contributed by atoms with Crippen LogP contribution in [0, 0.1) is 0 Å². The van der Waals surface area contributed by atoms with E-state index in [0.29, 0.717) is 0 Å². The minimum atomic E-state index is 1.31. The van der Waals surface area contributed by atoms with Gasteiger partial charge in [0.25, 0.3) is 6.21 Å². The fraction of sp³-hybridized carbons (Fsp3) is 0.250. The Morgan fingerprint density at radius 1 is 1.67 bits per heavy atom. The van der Waals surface area contributed by atoms with Crippen molar-refractivity contribution >= 4 is 6.21 Å². The second kappa shape index (κ2) is 4.12. The lowest BCUT2D eigenvalue weighted by Crippen LogP contribution is -1.57. The Hall–Kier alpha value is -0.880. The zero-order chi connectivity index (χ0) is 4.83. The highest BCUT2D eigenvalue weighted by atomic mass is 14.8. The van der Waals surface area contributed by atoms with Crippen molar-refractivity contribution in [1.82, 2.24) is 0 Å². The van der Waals surface area contributed by atoms with Crippen LogP contribution in [0.25, 0.3) is 5.53 Å². The van der Waals surface area contributed by atoms with Crippen LogP contribution in [0.4, 0.5) is 0 Å². The van der Waals surface area contributed by atoms with Crippen molar-refractivity contribution in [2.75, 3.05) is 0 Å². The van der Waals surface area contributed by atoms with Gasteiger partial charge >= 0.3 is 0 Å². The summed E-state index contributed by atoms with van der Waals surface area (Å²) in [6, 6.07) is 0. The molecule has 2 nitrogen and oxygen atoms in total. The molecule has 0 N–H and O–H groups in total. The van der Waals surface area contributed by atoms with Gasteiger partial charge < -0.3 is 5.53 Å². The lowest BCUT2D eigenvalue weighted by atomic mass is 10.6. The molecule has 6 heavy (non-hydrogen) atoms. The second-order valence-electron chi connectivity index (χ2n) is 0.790. The SMILES string of the molecule is C/C=C/C=[N+]=[N-]. The maximum Gasteiger partial charge on any atom is 0.280 e. The predicted molar refractivity (Wildman–Crippen MR) is 24.5 cm³/mol. The van der Waals surface area contributed by atoms with Crippen molar-refractivity contribution in [1.29, 1.82) is 0 Å². The third-order valence-electron chi connectivity index (χ3n) is 0.345. The molecule has 2 heteroatoms. The van der Waals surface area contributed by atoms with Crippen molar-refractivity contribution in [3.05, 3.63) is 17.7 Å². The average Bonchev–Trinajstić information content (AvgIpc) is 1.61. The molecule has 0 amide bonds. The number of rotatable bonds is 1. The molecule has 0 fully saturated rings. The first-order chi connectivity index (χ1) is 2.91. The Morgan fingerprint density at radius 3 is 2.50 bits per heavy atom. The van der Waals surface area contributed by atoms with Crippen molar-refractivity contribution < 1.29 is 4.79 Å². The third-order valence-corrected chi connectivity index (χ3v) is 0.345. The van der Waals surface area contributed by atoms with Crippen molar-refractivity contribution in [2.24, 2.45) is 0 Å². The minimum Gasteiger partial charge on any atom is -0.362 e. The molecule has 0 aliphatic carbocycles. The Balaban J connectivity index is 3.33. The van der Waals surface area contributed by atoms with Crippen molar-refractivity contribution in [2.45, 2.75) is 6.92 Å². The molecule has 32 valence electrons. The normalized spacial score (nSPS) is 8.17. The zero-order valence-electron chi connectivity index (χ0n) is 3.63. The number of allylic oxidation sites excluding steroid dienone is 2. The van der Waals surface area contributed by atoms with Gasteiger partial charge in [-0.15, -0.1) is 0 Å². The number of hydrogen-bond donors (Lipinski definition) is 0.